The van der Waals surface area contributed by atoms with Gasteiger partial charge in [0, 0.05) is 11.6 Å². The molecule has 0 radical (unpaired) electrons. The van der Waals surface area contributed by atoms with Crippen LogP contribution in [0.15, 0.2) is 52.9 Å². The molecule has 4 rings (SSSR count). The predicted octanol–water partition coefficient (Wildman–Crippen LogP) is 3.89. The number of benzene rings is 2. The second-order valence-electron chi connectivity index (χ2n) is 6.19. The third kappa shape index (κ3) is 3.14. The Hall–Kier alpha value is -2.17. The molecule has 0 aliphatic heterocycles. The van der Waals surface area contributed by atoms with E-state index in [1.807, 2.05) is 36.4 Å². The molecular formula is C19H20N2O2. The van der Waals surface area contributed by atoms with Gasteiger partial charge in [-0.05, 0) is 49.1 Å². The number of nitrogens with zero attached hydrogens (tertiary/aromatic N) is 1. The summed E-state index contributed by atoms with van der Waals surface area (Å²) in [6, 6.07) is 16.3. The van der Waals surface area contributed by atoms with Gasteiger partial charge in [-0.3, -0.25) is 0 Å². The molecule has 4 nitrogen and oxygen atoms in total. The van der Waals surface area contributed by atoms with Crippen LogP contribution in [-0.4, -0.2) is 17.1 Å². The van der Waals surface area contributed by atoms with Gasteiger partial charge < -0.3 is 14.9 Å². The monoisotopic (exact) mass is 308 g/mol. The van der Waals surface area contributed by atoms with Crippen molar-refractivity contribution in [3.63, 3.8) is 0 Å². The molecule has 2 atom stereocenters. The Morgan fingerprint density at radius 1 is 1.09 bits per heavy atom. The van der Waals surface area contributed by atoms with Crippen molar-refractivity contribution in [2.75, 3.05) is 0 Å². The predicted molar refractivity (Wildman–Crippen MR) is 89.8 cm³/mol. The molecule has 1 heterocycles. The third-order valence-electron chi connectivity index (χ3n) is 4.41. The average molecular weight is 308 g/mol. The Bertz CT molecular complexity index is 761. The van der Waals surface area contributed by atoms with Crippen LogP contribution in [0.2, 0.25) is 0 Å². The highest BCUT2D eigenvalue weighted by molar-refractivity contribution is 5.75. The van der Waals surface area contributed by atoms with Crippen molar-refractivity contribution in [2.45, 2.75) is 38.0 Å². The van der Waals surface area contributed by atoms with Gasteiger partial charge >= 0.3 is 0 Å². The molecule has 3 aromatic rings. The smallest absolute Gasteiger partial charge is 0.227 e. The number of nitrogens with two attached hydrogens (primary N) is 1. The van der Waals surface area contributed by atoms with E-state index in [0.717, 1.165) is 41.5 Å². The van der Waals surface area contributed by atoms with Gasteiger partial charge in [-0.15, -0.1) is 0 Å². The van der Waals surface area contributed by atoms with Gasteiger partial charge in [0.05, 0.1) is 12.7 Å². The minimum Gasteiger partial charge on any atom is -0.436 e. The fraction of sp³-hybridized carbons (Fsp3) is 0.316. The molecule has 1 aromatic heterocycles. The Kier molecular flexibility index (Phi) is 3.85. The number of hydrogen-bond donors (Lipinski definition) is 1. The molecule has 1 fully saturated rings. The van der Waals surface area contributed by atoms with E-state index in [2.05, 4.69) is 17.1 Å². The van der Waals surface area contributed by atoms with Crippen LogP contribution in [-0.2, 0) is 11.3 Å². The van der Waals surface area contributed by atoms with E-state index in [0.29, 0.717) is 24.6 Å². The number of oxazole rings is 1. The van der Waals surface area contributed by atoms with Crippen LogP contribution < -0.4 is 5.73 Å². The summed E-state index contributed by atoms with van der Waals surface area (Å²) in [4.78, 5) is 4.52. The van der Waals surface area contributed by atoms with E-state index in [1.54, 1.807) is 0 Å². The van der Waals surface area contributed by atoms with Crippen LogP contribution >= 0.6 is 0 Å². The number of hydrogen-bond acceptors (Lipinski definition) is 4. The Labute approximate surface area is 135 Å². The first-order valence-electron chi connectivity index (χ1n) is 8.10. The Morgan fingerprint density at radius 3 is 2.65 bits per heavy atom. The van der Waals surface area contributed by atoms with Crippen molar-refractivity contribution in [1.82, 2.24) is 4.98 Å². The van der Waals surface area contributed by atoms with Crippen molar-refractivity contribution in [1.29, 1.82) is 0 Å². The first kappa shape index (κ1) is 14.4. The van der Waals surface area contributed by atoms with E-state index >= 15 is 0 Å². The van der Waals surface area contributed by atoms with E-state index in [1.165, 1.54) is 0 Å². The zero-order valence-electron chi connectivity index (χ0n) is 12.9. The maximum Gasteiger partial charge on any atom is 0.227 e. The summed E-state index contributed by atoms with van der Waals surface area (Å²) in [5, 5.41) is 0. The van der Waals surface area contributed by atoms with Gasteiger partial charge in [0.1, 0.15) is 5.52 Å². The SMILES string of the molecule is N[C@@H]1CC[C@@H](OCc2ccc(-c3nc4ccccc4o3)cc2)C1. The number of aromatic nitrogens is 1. The van der Waals surface area contributed by atoms with Gasteiger partial charge in [-0.2, -0.15) is 0 Å². The molecule has 2 aromatic carbocycles. The number of para-hydroxylation sites is 2. The zero-order chi connectivity index (χ0) is 15.6. The summed E-state index contributed by atoms with van der Waals surface area (Å²) < 4.78 is 11.7. The molecule has 1 aliphatic rings. The highest BCUT2D eigenvalue weighted by Gasteiger charge is 2.22. The lowest BCUT2D eigenvalue weighted by atomic mass is 10.1. The number of rotatable bonds is 4. The highest BCUT2D eigenvalue weighted by Crippen LogP contribution is 2.25. The van der Waals surface area contributed by atoms with E-state index < -0.39 is 0 Å². The summed E-state index contributed by atoms with van der Waals surface area (Å²) in [6.45, 7) is 0.630. The third-order valence-corrected chi connectivity index (χ3v) is 4.41. The quantitative estimate of drug-likeness (QED) is 0.794. The van der Waals surface area contributed by atoms with Crippen LogP contribution in [0.5, 0.6) is 0 Å². The van der Waals surface area contributed by atoms with Crippen molar-refractivity contribution in [3.05, 3.63) is 54.1 Å². The standard InChI is InChI=1S/C19H20N2O2/c20-15-9-10-16(11-15)22-12-13-5-7-14(8-6-13)19-21-17-3-1-2-4-18(17)23-19/h1-8,15-16H,9-12,20H2/t15-,16-/m1/s1. The van der Waals surface area contributed by atoms with Gasteiger partial charge in [-0.1, -0.05) is 24.3 Å². The summed E-state index contributed by atoms with van der Waals surface area (Å²) in [5.74, 6) is 0.653. The Balaban J connectivity index is 1.45. The normalized spacial score (nSPS) is 21.1. The van der Waals surface area contributed by atoms with Gasteiger partial charge in [-0.25, -0.2) is 4.98 Å². The van der Waals surface area contributed by atoms with Crippen molar-refractivity contribution < 1.29 is 9.15 Å². The van der Waals surface area contributed by atoms with Crippen molar-refractivity contribution in [2.24, 2.45) is 5.73 Å². The number of ether oxygens (including phenoxy) is 1. The molecule has 1 saturated carbocycles. The van der Waals surface area contributed by atoms with Crippen LogP contribution in [0.1, 0.15) is 24.8 Å². The number of fused-ring (bicyclic) bond motifs is 1. The fourth-order valence-electron chi connectivity index (χ4n) is 3.08. The minimum atomic E-state index is 0.307. The van der Waals surface area contributed by atoms with Crippen molar-refractivity contribution >= 4 is 11.1 Å². The molecule has 0 unspecified atom stereocenters. The molecule has 0 spiro atoms. The molecule has 0 saturated heterocycles. The van der Waals surface area contributed by atoms with Crippen molar-refractivity contribution in [3.8, 4) is 11.5 Å². The molecule has 0 amide bonds. The van der Waals surface area contributed by atoms with Gasteiger partial charge in [0.25, 0.3) is 0 Å². The maximum atomic E-state index is 5.93. The topological polar surface area (TPSA) is 61.3 Å². The summed E-state index contributed by atoms with van der Waals surface area (Å²) in [6.07, 6.45) is 3.42. The maximum absolute atomic E-state index is 5.93. The average Bonchev–Trinajstić information content (AvgIpc) is 3.19. The second kappa shape index (κ2) is 6.14. The molecular weight excluding hydrogens is 288 g/mol. The highest BCUT2D eigenvalue weighted by atomic mass is 16.5. The first-order valence-corrected chi connectivity index (χ1v) is 8.10. The molecule has 2 N–H and O–H groups in total. The Morgan fingerprint density at radius 2 is 1.91 bits per heavy atom. The molecule has 0 bridgehead atoms. The lowest BCUT2D eigenvalue weighted by molar-refractivity contribution is 0.0448. The molecule has 118 valence electrons. The zero-order valence-corrected chi connectivity index (χ0v) is 12.9. The van der Waals surface area contributed by atoms with Gasteiger partial charge in [0.15, 0.2) is 5.58 Å². The second-order valence-corrected chi connectivity index (χ2v) is 6.19. The summed E-state index contributed by atoms with van der Waals surface area (Å²) in [5.41, 5.74) is 9.74. The minimum absolute atomic E-state index is 0.307. The van der Waals surface area contributed by atoms with Crippen LogP contribution in [0.4, 0.5) is 0 Å². The molecule has 4 heteroatoms. The first-order chi connectivity index (χ1) is 11.3. The fourth-order valence-corrected chi connectivity index (χ4v) is 3.08. The van der Waals surface area contributed by atoms with E-state index in [9.17, 15) is 0 Å². The van der Waals surface area contributed by atoms with Crippen LogP contribution in [0, 0.1) is 0 Å². The van der Waals surface area contributed by atoms with Crippen LogP contribution in [0.25, 0.3) is 22.6 Å². The lowest BCUT2D eigenvalue weighted by Gasteiger charge is -2.11. The summed E-state index contributed by atoms with van der Waals surface area (Å²) in [7, 11) is 0. The van der Waals surface area contributed by atoms with Crippen LogP contribution in [0.3, 0.4) is 0 Å². The van der Waals surface area contributed by atoms with Gasteiger partial charge in [0.2, 0.25) is 5.89 Å². The van der Waals surface area contributed by atoms with E-state index in [-0.39, 0.29) is 0 Å². The lowest BCUT2D eigenvalue weighted by Crippen LogP contribution is -2.17. The summed E-state index contributed by atoms with van der Waals surface area (Å²) >= 11 is 0. The van der Waals surface area contributed by atoms with E-state index in [4.69, 9.17) is 14.9 Å². The molecule has 23 heavy (non-hydrogen) atoms. The molecule has 1 aliphatic carbocycles. The largest absolute Gasteiger partial charge is 0.436 e.